The SMILES string of the molecule is O=CC(Br)c1cccc2cnc(Nc3ccccc3)nc12. The van der Waals surface area contributed by atoms with E-state index in [2.05, 4.69) is 31.2 Å². The van der Waals surface area contributed by atoms with Crippen LogP contribution in [0, 0.1) is 0 Å². The quantitative estimate of drug-likeness (QED) is 0.575. The van der Waals surface area contributed by atoms with E-state index in [1.54, 1.807) is 6.20 Å². The molecule has 0 aliphatic rings. The number of anilines is 2. The standard InChI is InChI=1S/C16H12BrN3O/c17-14(10-21)13-8-4-5-11-9-18-16(20-15(11)13)19-12-6-2-1-3-7-12/h1-10,14H,(H,18,19,20). The van der Waals surface area contributed by atoms with Crippen molar-refractivity contribution in [1.82, 2.24) is 9.97 Å². The van der Waals surface area contributed by atoms with E-state index in [0.717, 1.165) is 28.4 Å². The van der Waals surface area contributed by atoms with Crippen molar-refractivity contribution < 1.29 is 4.79 Å². The summed E-state index contributed by atoms with van der Waals surface area (Å²) < 4.78 is 0. The highest BCUT2D eigenvalue weighted by Gasteiger charge is 2.12. The Bertz CT molecular complexity index is 777. The van der Waals surface area contributed by atoms with Gasteiger partial charge in [-0.3, -0.25) is 0 Å². The third kappa shape index (κ3) is 2.92. The molecular weight excluding hydrogens is 330 g/mol. The molecule has 104 valence electrons. The first-order valence-corrected chi connectivity index (χ1v) is 7.36. The molecule has 5 heteroatoms. The number of para-hydroxylation sites is 2. The van der Waals surface area contributed by atoms with Gasteiger partial charge in [-0.05, 0) is 17.7 Å². The molecule has 0 spiro atoms. The summed E-state index contributed by atoms with van der Waals surface area (Å²) in [6.45, 7) is 0. The zero-order valence-corrected chi connectivity index (χ0v) is 12.6. The van der Waals surface area contributed by atoms with Crippen LogP contribution >= 0.6 is 15.9 Å². The largest absolute Gasteiger partial charge is 0.324 e. The molecule has 0 bridgehead atoms. The zero-order chi connectivity index (χ0) is 14.7. The summed E-state index contributed by atoms with van der Waals surface area (Å²) in [5.41, 5.74) is 2.51. The van der Waals surface area contributed by atoms with Gasteiger partial charge in [0.2, 0.25) is 5.95 Å². The number of nitrogens with one attached hydrogen (secondary N) is 1. The van der Waals surface area contributed by atoms with E-state index < -0.39 is 0 Å². The number of fused-ring (bicyclic) bond motifs is 1. The molecule has 21 heavy (non-hydrogen) atoms. The van der Waals surface area contributed by atoms with Crippen LogP contribution in [0.4, 0.5) is 11.6 Å². The van der Waals surface area contributed by atoms with Gasteiger partial charge < -0.3 is 10.1 Å². The Morgan fingerprint density at radius 2 is 1.90 bits per heavy atom. The maximum Gasteiger partial charge on any atom is 0.227 e. The molecule has 0 aliphatic carbocycles. The van der Waals surface area contributed by atoms with Gasteiger partial charge >= 0.3 is 0 Å². The van der Waals surface area contributed by atoms with Crippen LogP contribution in [0.3, 0.4) is 0 Å². The van der Waals surface area contributed by atoms with Gasteiger partial charge in [0.05, 0.1) is 10.3 Å². The molecule has 4 nitrogen and oxygen atoms in total. The summed E-state index contributed by atoms with van der Waals surface area (Å²) in [4.78, 5) is 19.5. The van der Waals surface area contributed by atoms with Gasteiger partial charge in [-0.15, -0.1) is 0 Å². The van der Waals surface area contributed by atoms with Crippen LogP contribution in [0.1, 0.15) is 10.4 Å². The number of carbonyl (C=O) groups is 1. The first-order chi connectivity index (χ1) is 10.3. The van der Waals surface area contributed by atoms with Crippen molar-refractivity contribution in [2.45, 2.75) is 4.83 Å². The van der Waals surface area contributed by atoms with Gasteiger partial charge in [-0.1, -0.05) is 52.3 Å². The predicted octanol–water partition coefficient (Wildman–Crippen LogP) is 4.01. The lowest BCUT2D eigenvalue weighted by molar-refractivity contribution is -0.107. The third-order valence-electron chi connectivity index (χ3n) is 3.09. The topological polar surface area (TPSA) is 54.9 Å². The van der Waals surface area contributed by atoms with Crippen molar-refractivity contribution in [3.8, 4) is 0 Å². The Morgan fingerprint density at radius 1 is 1.10 bits per heavy atom. The number of carbonyl (C=O) groups excluding carboxylic acids is 1. The normalized spacial score (nSPS) is 12.0. The van der Waals surface area contributed by atoms with Gasteiger partial charge in [0.1, 0.15) is 6.29 Å². The molecule has 0 aliphatic heterocycles. The molecule has 1 heterocycles. The Balaban J connectivity index is 2.04. The Morgan fingerprint density at radius 3 is 2.67 bits per heavy atom. The lowest BCUT2D eigenvalue weighted by Crippen LogP contribution is -2.00. The van der Waals surface area contributed by atoms with E-state index in [1.165, 1.54) is 0 Å². The molecule has 3 aromatic rings. The number of halogens is 1. The second-order valence-corrected chi connectivity index (χ2v) is 5.49. The van der Waals surface area contributed by atoms with Crippen molar-refractivity contribution in [3.63, 3.8) is 0 Å². The van der Waals surface area contributed by atoms with Crippen LogP contribution in [-0.2, 0) is 4.79 Å². The van der Waals surface area contributed by atoms with E-state index in [9.17, 15) is 4.79 Å². The zero-order valence-electron chi connectivity index (χ0n) is 11.0. The maximum atomic E-state index is 11.0. The fraction of sp³-hybridized carbons (Fsp3) is 0.0625. The van der Waals surface area contributed by atoms with Crippen LogP contribution in [0.2, 0.25) is 0 Å². The van der Waals surface area contributed by atoms with Gasteiger partial charge in [0, 0.05) is 17.3 Å². The van der Waals surface area contributed by atoms with Crippen molar-refractivity contribution in [1.29, 1.82) is 0 Å². The number of hydrogen-bond acceptors (Lipinski definition) is 4. The molecule has 0 saturated carbocycles. The summed E-state index contributed by atoms with van der Waals surface area (Å²) in [6, 6.07) is 15.4. The number of aromatic nitrogens is 2. The number of benzene rings is 2. The van der Waals surface area contributed by atoms with Gasteiger partial charge in [-0.2, -0.15) is 0 Å². The molecule has 1 unspecified atom stereocenters. The smallest absolute Gasteiger partial charge is 0.227 e. The highest BCUT2D eigenvalue weighted by molar-refractivity contribution is 9.09. The molecule has 1 atom stereocenters. The summed E-state index contributed by atoms with van der Waals surface area (Å²) in [6.07, 6.45) is 2.60. The third-order valence-corrected chi connectivity index (χ3v) is 3.80. The second-order valence-electron chi connectivity index (χ2n) is 4.51. The molecule has 0 fully saturated rings. The first kappa shape index (κ1) is 13.7. The van der Waals surface area contributed by atoms with Crippen molar-refractivity contribution in [2.75, 3.05) is 5.32 Å². The average molecular weight is 342 g/mol. The number of hydrogen-bond donors (Lipinski definition) is 1. The summed E-state index contributed by atoms with van der Waals surface area (Å²) in [5, 5.41) is 4.05. The van der Waals surface area contributed by atoms with E-state index in [4.69, 9.17) is 0 Å². The summed E-state index contributed by atoms with van der Waals surface area (Å²) in [7, 11) is 0. The molecule has 0 radical (unpaired) electrons. The fourth-order valence-electron chi connectivity index (χ4n) is 2.09. The number of rotatable bonds is 4. The summed E-state index contributed by atoms with van der Waals surface area (Å²) in [5.74, 6) is 0.506. The van der Waals surface area contributed by atoms with Crippen LogP contribution in [-0.4, -0.2) is 16.3 Å². The minimum atomic E-state index is -0.374. The van der Waals surface area contributed by atoms with Crippen LogP contribution < -0.4 is 5.32 Å². The molecular formula is C16H12BrN3O. The highest BCUT2D eigenvalue weighted by atomic mass is 79.9. The molecule has 1 N–H and O–H groups in total. The van der Waals surface area contributed by atoms with Crippen molar-refractivity contribution in [2.24, 2.45) is 0 Å². The fourth-order valence-corrected chi connectivity index (χ4v) is 2.45. The second kappa shape index (κ2) is 6.01. The van der Waals surface area contributed by atoms with Crippen LogP contribution in [0.25, 0.3) is 10.9 Å². The highest BCUT2D eigenvalue weighted by Crippen LogP contribution is 2.27. The van der Waals surface area contributed by atoms with Gasteiger partial charge in [-0.25, -0.2) is 9.97 Å². The number of nitrogens with zero attached hydrogens (tertiary/aromatic N) is 2. The van der Waals surface area contributed by atoms with E-state index in [1.807, 2.05) is 48.5 Å². The predicted molar refractivity (Wildman–Crippen MR) is 87.0 cm³/mol. The number of aldehydes is 1. The van der Waals surface area contributed by atoms with E-state index in [0.29, 0.717) is 5.95 Å². The van der Waals surface area contributed by atoms with Crippen molar-refractivity contribution in [3.05, 3.63) is 60.3 Å². The molecule has 0 saturated heterocycles. The summed E-state index contributed by atoms with van der Waals surface area (Å²) >= 11 is 3.35. The lowest BCUT2D eigenvalue weighted by Gasteiger charge is -2.09. The Kier molecular flexibility index (Phi) is 3.92. The average Bonchev–Trinajstić information content (AvgIpc) is 2.54. The molecule has 1 aromatic heterocycles. The molecule has 3 rings (SSSR count). The molecule has 2 aromatic carbocycles. The monoisotopic (exact) mass is 341 g/mol. The number of alkyl halides is 1. The van der Waals surface area contributed by atoms with Crippen LogP contribution in [0.15, 0.2) is 54.7 Å². The van der Waals surface area contributed by atoms with E-state index in [-0.39, 0.29) is 4.83 Å². The Hall–Kier alpha value is -2.27. The Labute approximate surface area is 130 Å². The van der Waals surface area contributed by atoms with Gasteiger partial charge in [0.15, 0.2) is 0 Å². The van der Waals surface area contributed by atoms with Gasteiger partial charge in [0.25, 0.3) is 0 Å². The van der Waals surface area contributed by atoms with E-state index >= 15 is 0 Å². The molecule has 0 amide bonds. The minimum Gasteiger partial charge on any atom is -0.324 e. The minimum absolute atomic E-state index is 0.374. The maximum absolute atomic E-state index is 11.0. The lowest BCUT2D eigenvalue weighted by atomic mass is 10.1. The first-order valence-electron chi connectivity index (χ1n) is 6.45. The van der Waals surface area contributed by atoms with Crippen molar-refractivity contribution >= 4 is 44.8 Å². The van der Waals surface area contributed by atoms with Crippen LogP contribution in [0.5, 0.6) is 0 Å².